The van der Waals surface area contributed by atoms with Crippen molar-refractivity contribution in [3.8, 4) is 5.75 Å². The molecule has 0 aliphatic carbocycles. The van der Waals surface area contributed by atoms with Crippen molar-refractivity contribution in [1.29, 1.82) is 0 Å². The number of halogens is 2. The number of rotatable bonds is 2. The summed E-state index contributed by atoms with van der Waals surface area (Å²) in [6, 6.07) is 5.94. The van der Waals surface area contributed by atoms with Gasteiger partial charge in [-0.1, -0.05) is 31.9 Å². The number of alkyl halides is 1. The normalized spacial score (nSPS) is 9.73. The van der Waals surface area contributed by atoms with Crippen molar-refractivity contribution >= 4 is 31.9 Å². The van der Waals surface area contributed by atoms with Gasteiger partial charge in [0, 0.05) is 15.4 Å². The van der Waals surface area contributed by atoms with Gasteiger partial charge in [-0.15, -0.1) is 0 Å². The molecule has 3 heteroatoms. The molecule has 0 aliphatic rings. The smallest absolute Gasteiger partial charge is 0.122 e. The summed E-state index contributed by atoms with van der Waals surface area (Å²) in [5.74, 6) is 0.921. The summed E-state index contributed by atoms with van der Waals surface area (Å²) in [7, 11) is 1.68. The zero-order valence-corrected chi connectivity index (χ0v) is 9.28. The lowest BCUT2D eigenvalue weighted by atomic mass is 10.2. The van der Waals surface area contributed by atoms with E-state index < -0.39 is 0 Å². The van der Waals surface area contributed by atoms with Crippen LogP contribution in [0.2, 0.25) is 0 Å². The van der Waals surface area contributed by atoms with Crippen molar-refractivity contribution in [1.82, 2.24) is 0 Å². The summed E-state index contributed by atoms with van der Waals surface area (Å²) >= 11 is 6.77. The second-order valence-electron chi connectivity index (χ2n) is 2.09. The van der Waals surface area contributed by atoms with Crippen LogP contribution < -0.4 is 4.74 Å². The molecule has 11 heavy (non-hydrogen) atoms. The average Bonchev–Trinajstić information content (AvgIpc) is 2.04. The molecule has 60 valence electrons. The van der Waals surface area contributed by atoms with E-state index in [1.54, 1.807) is 7.11 Å². The van der Waals surface area contributed by atoms with E-state index in [-0.39, 0.29) is 0 Å². The molecule has 0 aliphatic heterocycles. The fourth-order valence-corrected chi connectivity index (χ4v) is 1.70. The zero-order chi connectivity index (χ0) is 8.27. The van der Waals surface area contributed by atoms with Gasteiger partial charge in [-0.3, -0.25) is 0 Å². The molecule has 0 saturated carbocycles. The Bertz CT molecular complexity index is 248. The fraction of sp³-hybridized carbons (Fsp3) is 0.250. The molecule has 0 amide bonds. The molecule has 0 aromatic heterocycles. The maximum atomic E-state index is 5.14. The van der Waals surface area contributed by atoms with Gasteiger partial charge in [0.15, 0.2) is 0 Å². The number of hydrogen-bond acceptors (Lipinski definition) is 1. The number of hydrogen-bond donors (Lipinski definition) is 0. The van der Waals surface area contributed by atoms with Crippen molar-refractivity contribution in [3.05, 3.63) is 28.2 Å². The van der Waals surface area contributed by atoms with Crippen LogP contribution in [0.25, 0.3) is 0 Å². The van der Waals surface area contributed by atoms with Crippen LogP contribution in [0.15, 0.2) is 22.7 Å². The molecular formula is C8H8Br2O. The van der Waals surface area contributed by atoms with Crippen molar-refractivity contribution < 1.29 is 4.74 Å². The molecule has 0 fully saturated rings. The molecule has 1 aromatic carbocycles. The standard InChI is InChI=1S/C8H8Br2O/c1-11-8-3-2-7(10)4-6(8)5-9/h2-4H,5H2,1H3. The van der Waals surface area contributed by atoms with Gasteiger partial charge >= 0.3 is 0 Å². The van der Waals surface area contributed by atoms with Crippen molar-refractivity contribution in [3.63, 3.8) is 0 Å². The van der Waals surface area contributed by atoms with E-state index in [1.165, 1.54) is 0 Å². The minimum Gasteiger partial charge on any atom is -0.496 e. The van der Waals surface area contributed by atoms with Gasteiger partial charge in [0.05, 0.1) is 7.11 Å². The Labute approximate surface area is 83.0 Å². The molecule has 0 saturated heterocycles. The Morgan fingerprint density at radius 2 is 2.18 bits per heavy atom. The zero-order valence-electron chi connectivity index (χ0n) is 6.10. The predicted molar refractivity (Wildman–Crippen MR) is 53.3 cm³/mol. The summed E-state index contributed by atoms with van der Waals surface area (Å²) in [5.41, 5.74) is 1.15. The number of benzene rings is 1. The van der Waals surface area contributed by atoms with E-state index in [2.05, 4.69) is 31.9 Å². The number of ether oxygens (including phenoxy) is 1. The highest BCUT2D eigenvalue weighted by molar-refractivity contribution is 9.10. The maximum Gasteiger partial charge on any atom is 0.122 e. The molecule has 0 heterocycles. The average molecular weight is 280 g/mol. The summed E-state index contributed by atoms with van der Waals surface area (Å²) < 4.78 is 6.22. The molecule has 0 radical (unpaired) electrons. The maximum absolute atomic E-state index is 5.14. The summed E-state index contributed by atoms with van der Waals surface area (Å²) in [6.07, 6.45) is 0. The first-order valence-corrected chi connectivity index (χ1v) is 5.07. The van der Waals surface area contributed by atoms with Gasteiger partial charge in [-0.2, -0.15) is 0 Å². The lowest BCUT2D eigenvalue weighted by Crippen LogP contribution is -1.88. The molecule has 0 N–H and O–H groups in total. The minimum absolute atomic E-state index is 0.815. The minimum atomic E-state index is 0.815. The summed E-state index contributed by atoms with van der Waals surface area (Å²) in [4.78, 5) is 0. The highest BCUT2D eigenvalue weighted by Crippen LogP contribution is 2.24. The van der Waals surface area contributed by atoms with Crippen LogP contribution in [0.4, 0.5) is 0 Å². The molecular weight excluding hydrogens is 272 g/mol. The van der Waals surface area contributed by atoms with Crippen LogP contribution in [0.5, 0.6) is 5.75 Å². The van der Waals surface area contributed by atoms with Gasteiger partial charge < -0.3 is 4.74 Å². The molecule has 0 unspecified atom stereocenters. The van der Waals surface area contributed by atoms with Gasteiger partial charge in [0.25, 0.3) is 0 Å². The lowest BCUT2D eigenvalue weighted by Gasteiger charge is -2.04. The SMILES string of the molecule is COc1ccc(Br)cc1CBr. The highest BCUT2D eigenvalue weighted by atomic mass is 79.9. The van der Waals surface area contributed by atoms with E-state index in [4.69, 9.17) is 4.74 Å². The number of methoxy groups -OCH3 is 1. The summed E-state index contributed by atoms with van der Waals surface area (Å²) in [6.45, 7) is 0. The Balaban J connectivity index is 3.06. The second kappa shape index (κ2) is 4.12. The van der Waals surface area contributed by atoms with Gasteiger partial charge in [-0.25, -0.2) is 0 Å². The Kier molecular flexibility index (Phi) is 3.40. The van der Waals surface area contributed by atoms with Crippen molar-refractivity contribution in [2.45, 2.75) is 5.33 Å². The molecule has 0 spiro atoms. The lowest BCUT2D eigenvalue weighted by molar-refractivity contribution is 0.411. The monoisotopic (exact) mass is 278 g/mol. The highest BCUT2D eigenvalue weighted by Gasteiger charge is 2.00. The van der Waals surface area contributed by atoms with Gasteiger partial charge in [0.2, 0.25) is 0 Å². The van der Waals surface area contributed by atoms with E-state index in [9.17, 15) is 0 Å². The Morgan fingerprint density at radius 1 is 1.45 bits per heavy atom. The van der Waals surface area contributed by atoms with Crippen LogP contribution in [0, 0.1) is 0 Å². The first-order valence-electron chi connectivity index (χ1n) is 3.16. The van der Waals surface area contributed by atoms with Crippen molar-refractivity contribution in [2.24, 2.45) is 0 Å². The third kappa shape index (κ3) is 2.20. The van der Waals surface area contributed by atoms with Crippen LogP contribution >= 0.6 is 31.9 Å². The third-order valence-corrected chi connectivity index (χ3v) is 2.48. The van der Waals surface area contributed by atoms with Crippen LogP contribution in [-0.4, -0.2) is 7.11 Å². The molecule has 1 rings (SSSR count). The largest absolute Gasteiger partial charge is 0.496 e. The molecule has 0 atom stereocenters. The predicted octanol–water partition coefficient (Wildman–Crippen LogP) is 3.35. The third-order valence-electron chi connectivity index (χ3n) is 1.39. The van der Waals surface area contributed by atoms with E-state index in [1.807, 2.05) is 18.2 Å². The van der Waals surface area contributed by atoms with Gasteiger partial charge in [-0.05, 0) is 18.2 Å². The quantitative estimate of drug-likeness (QED) is 0.755. The summed E-state index contributed by atoms with van der Waals surface area (Å²) in [5, 5.41) is 0.815. The Hall–Kier alpha value is -0.0200. The topological polar surface area (TPSA) is 9.23 Å². The molecule has 1 aromatic rings. The van der Waals surface area contributed by atoms with Crippen LogP contribution in [-0.2, 0) is 5.33 Å². The first kappa shape index (κ1) is 9.07. The van der Waals surface area contributed by atoms with E-state index in [0.29, 0.717) is 0 Å². The molecule has 1 nitrogen and oxygen atoms in total. The second-order valence-corrected chi connectivity index (χ2v) is 3.57. The fourth-order valence-electron chi connectivity index (χ4n) is 0.852. The van der Waals surface area contributed by atoms with Crippen LogP contribution in [0.1, 0.15) is 5.56 Å². The first-order chi connectivity index (χ1) is 5.27. The molecule has 0 bridgehead atoms. The van der Waals surface area contributed by atoms with E-state index in [0.717, 1.165) is 21.1 Å². The van der Waals surface area contributed by atoms with E-state index >= 15 is 0 Å². The Morgan fingerprint density at radius 3 is 2.73 bits per heavy atom. The van der Waals surface area contributed by atoms with Crippen molar-refractivity contribution in [2.75, 3.05) is 7.11 Å². The van der Waals surface area contributed by atoms with Crippen LogP contribution in [0.3, 0.4) is 0 Å². The van der Waals surface area contributed by atoms with Gasteiger partial charge in [0.1, 0.15) is 5.75 Å².